The average molecular weight is 476 g/mol. The number of guanidine groups is 1. The quantitative estimate of drug-likeness (QED) is 0.324. The minimum atomic E-state index is -0.618. The normalized spacial score (nSPS) is 12.0. The van der Waals surface area contributed by atoms with Crippen molar-refractivity contribution in [1.29, 1.82) is 0 Å². The van der Waals surface area contributed by atoms with Crippen LogP contribution in [0.25, 0.3) is 0 Å². The van der Waals surface area contributed by atoms with Gasteiger partial charge in [-0.05, 0) is 31.2 Å². The van der Waals surface area contributed by atoms with Crippen molar-refractivity contribution in [3.05, 3.63) is 53.7 Å². The monoisotopic (exact) mass is 476 g/mol. The van der Waals surface area contributed by atoms with E-state index in [4.69, 9.17) is 14.9 Å². The summed E-state index contributed by atoms with van der Waals surface area (Å²) in [4.78, 5) is 15.1. The molecule has 2 aromatic rings. The van der Waals surface area contributed by atoms with Crippen molar-refractivity contribution >= 4 is 35.8 Å². The molecule has 4 N–H and O–H groups in total. The highest BCUT2D eigenvalue weighted by molar-refractivity contribution is 14.0. The van der Waals surface area contributed by atoms with Crippen molar-refractivity contribution < 1.29 is 18.3 Å². The van der Waals surface area contributed by atoms with Gasteiger partial charge in [0, 0.05) is 7.05 Å². The van der Waals surface area contributed by atoms with Crippen LogP contribution in [0.15, 0.2) is 45.8 Å². The van der Waals surface area contributed by atoms with E-state index in [1.165, 1.54) is 12.1 Å². The maximum atomic E-state index is 13.6. The predicted molar refractivity (Wildman–Crippen MR) is 107 cm³/mol. The van der Waals surface area contributed by atoms with Gasteiger partial charge in [-0.1, -0.05) is 12.1 Å². The van der Waals surface area contributed by atoms with Crippen molar-refractivity contribution in [3.63, 3.8) is 0 Å². The summed E-state index contributed by atoms with van der Waals surface area (Å²) >= 11 is 0. The molecule has 142 valence electrons. The summed E-state index contributed by atoms with van der Waals surface area (Å²) in [5.74, 6) is 0.349. The van der Waals surface area contributed by atoms with E-state index in [-0.39, 0.29) is 41.6 Å². The SMILES string of the molecule is CN=C(NCc1ccc(C(N)=O)o1)NCC(C)Oc1ccccc1F.I. The first-order valence-corrected chi connectivity index (χ1v) is 7.73. The largest absolute Gasteiger partial charge is 0.486 e. The smallest absolute Gasteiger partial charge is 0.284 e. The third-order valence-corrected chi connectivity index (χ3v) is 3.28. The lowest BCUT2D eigenvalue weighted by molar-refractivity contribution is 0.0972. The molecule has 7 nitrogen and oxygen atoms in total. The number of nitrogens with two attached hydrogens (primary N) is 1. The Bertz CT molecular complexity index is 751. The molecule has 9 heteroatoms. The second-order valence-corrected chi connectivity index (χ2v) is 5.30. The average Bonchev–Trinajstić information content (AvgIpc) is 3.06. The van der Waals surface area contributed by atoms with E-state index in [1.54, 1.807) is 31.3 Å². The Morgan fingerprint density at radius 2 is 2.04 bits per heavy atom. The molecule has 1 heterocycles. The van der Waals surface area contributed by atoms with E-state index in [0.717, 1.165) is 0 Å². The lowest BCUT2D eigenvalue weighted by Gasteiger charge is -2.17. The van der Waals surface area contributed by atoms with Crippen LogP contribution in [-0.2, 0) is 6.54 Å². The first kappa shape index (κ1) is 21.7. The van der Waals surface area contributed by atoms with Gasteiger partial charge in [0.15, 0.2) is 23.3 Å². The number of hydrogen-bond donors (Lipinski definition) is 3. The van der Waals surface area contributed by atoms with Gasteiger partial charge in [0.25, 0.3) is 5.91 Å². The molecule has 2 rings (SSSR count). The van der Waals surface area contributed by atoms with Crippen molar-refractivity contribution in [2.75, 3.05) is 13.6 Å². The maximum Gasteiger partial charge on any atom is 0.284 e. The summed E-state index contributed by atoms with van der Waals surface area (Å²) in [5, 5.41) is 6.10. The Morgan fingerprint density at radius 3 is 2.65 bits per heavy atom. The molecule has 0 spiro atoms. The number of amides is 1. The number of ether oxygens (including phenoxy) is 1. The molecule has 0 radical (unpaired) electrons. The number of nitrogens with one attached hydrogen (secondary N) is 2. The molecular weight excluding hydrogens is 454 g/mol. The molecule has 1 aromatic carbocycles. The summed E-state index contributed by atoms with van der Waals surface area (Å²) in [6.45, 7) is 2.56. The maximum absolute atomic E-state index is 13.6. The van der Waals surface area contributed by atoms with Crippen LogP contribution in [0.1, 0.15) is 23.2 Å². The Labute approximate surface area is 168 Å². The highest BCUT2D eigenvalue weighted by Crippen LogP contribution is 2.16. The van der Waals surface area contributed by atoms with Crippen LogP contribution in [-0.4, -0.2) is 31.6 Å². The summed E-state index contributed by atoms with van der Waals surface area (Å²) in [6, 6.07) is 9.41. The Kier molecular flexibility index (Phi) is 8.90. The Balaban J connectivity index is 0.00000338. The van der Waals surface area contributed by atoms with Crippen LogP contribution in [0.3, 0.4) is 0 Å². The van der Waals surface area contributed by atoms with E-state index in [9.17, 15) is 9.18 Å². The van der Waals surface area contributed by atoms with Crippen molar-refractivity contribution in [2.24, 2.45) is 10.7 Å². The number of furan rings is 1. The number of rotatable bonds is 7. The van der Waals surface area contributed by atoms with E-state index in [0.29, 0.717) is 24.8 Å². The third kappa shape index (κ3) is 6.54. The van der Waals surface area contributed by atoms with Gasteiger partial charge >= 0.3 is 0 Å². The number of aliphatic imine (C=N–C) groups is 1. The molecule has 0 bridgehead atoms. The van der Waals surface area contributed by atoms with Crippen molar-refractivity contribution in [3.8, 4) is 5.75 Å². The number of primary amides is 1. The number of nitrogens with zero attached hydrogens (tertiary/aromatic N) is 1. The lowest BCUT2D eigenvalue weighted by atomic mass is 10.3. The van der Waals surface area contributed by atoms with Gasteiger partial charge in [-0.25, -0.2) is 4.39 Å². The van der Waals surface area contributed by atoms with Crippen LogP contribution in [0.5, 0.6) is 5.75 Å². The number of hydrogen-bond acceptors (Lipinski definition) is 4. The third-order valence-electron chi connectivity index (χ3n) is 3.28. The number of carbonyl (C=O) groups excluding carboxylic acids is 1. The van der Waals surface area contributed by atoms with Gasteiger partial charge in [0.2, 0.25) is 0 Å². The first-order chi connectivity index (χ1) is 12.0. The zero-order valence-electron chi connectivity index (χ0n) is 14.5. The number of halogens is 2. The van der Waals surface area contributed by atoms with Crippen LogP contribution in [0.4, 0.5) is 4.39 Å². The van der Waals surface area contributed by atoms with E-state index >= 15 is 0 Å². The summed E-state index contributed by atoms with van der Waals surface area (Å²) in [5.41, 5.74) is 5.13. The number of benzene rings is 1. The number of para-hydroxylation sites is 1. The Morgan fingerprint density at radius 1 is 1.31 bits per heavy atom. The van der Waals surface area contributed by atoms with Crippen LogP contribution in [0.2, 0.25) is 0 Å². The minimum Gasteiger partial charge on any atom is -0.486 e. The van der Waals surface area contributed by atoms with E-state index in [1.807, 2.05) is 6.92 Å². The lowest BCUT2D eigenvalue weighted by Crippen LogP contribution is -2.41. The zero-order valence-corrected chi connectivity index (χ0v) is 16.8. The fourth-order valence-electron chi connectivity index (χ4n) is 2.04. The first-order valence-electron chi connectivity index (χ1n) is 7.73. The fraction of sp³-hybridized carbons (Fsp3) is 0.294. The molecule has 1 amide bonds. The molecule has 0 saturated carbocycles. The highest BCUT2D eigenvalue weighted by Gasteiger charge is 2.10. The standard InChI is InChI=1S/C17H21FN4O3.HI/c1-11(24-14-6-4-3-5-13(14)18)9-21-17(20-2)22-10-12-7-8-15(25-12)16(19)23;/h3-8,11H,9-10H2,1-2H3,(H2,19,23)(H2,20,21,22);1H. The fourth-order valence-corrected chi connectivity index (χ4v) is 2.04. The molecule has 1 atom stereocenters. The molecule has 1 unspecified atom stereocenters. The summed E-state index contributed by atoms with van der Waals surface area (Å²) in [6.07, 6.45) is -0.277. The molecule has 0 aliphatic rings. The van der Waals surface area contributed by atoms with Gasteiger partial charge in [-0.2, -0.15) is 0 Å². The minimum absolute atomic E-state index is 0. The van der Waals surface area contributed by atoms with Crippen molar-refractivity contribution in [2.45, 2.75) is 19.6 Å². The highest BCUT2D eigenvalue weighted by atomic mass is 127. The van der Waals surface area contributed by atoms with E-state index in [2.05, 4.69) is 15.6 Å². The zero-order chi connectivity index (χ0) is 18.2. The molecule has 0 aliphatic heterocycles. The van der Waals surface area contributed by atoms with Crippen LogP contribution >= 0.6 is 24.0 Å². The van der Waals surface area contributed by atoms with Gasteiger partial charge in [0.05, 0.1) is 13.1 Å². The van der Waals surface area contributed by atoms with Gasteiger partial charge in [0.1, 0.15) is 11.9 Å². The number of carbonyl (C=O) groups is 1. The molecular formula is C17H22FIN4O3. The van der Waals surface area contributed by atoms with Gasteiger partial charge in [-0.15, -0.1) is 24.0 Å². The molecule has 1 aromatic heterocycles. The van der Waals surface area contributed by atoms with Crippen LogP contribution < -0.4 is 21.1 Å². The molecule has 26 heavy (non-hydrogen) atoms. The van der Waals surface area contributed by atoms with Crippen LogP contribution in [0, 0.1) is 5.82 Å². The van der Waals surface area contributed by atoms with E-state index < -0.39 is 11.7 Å². The van der Waals surface area contributed by atoms with Gasteiger partial charge < -0.3 is 25.5 Å². The summed E-state index contributed by atoms with van der Waals surface area (Å²) in [7, 11) is 1.62. The molecule has 0 saturated heterocycles. The topological polar surface area (TPSA) is 102 Å². The molecule has 0 fully saturated rings. The Hall–Kier alpha value is -2.30. The summed E-state index contributed by atoms with van der Waals surface area (Å²) < 4.78 is 24.4. The van der Waals surface area contributed by atoms with Gasteiger partial charge in [-0.3, -0.25) is 9.79 Å². The second kappa shape index (κ2) is 10.6. The van der Waals surface area contributed by atoms with Crippen molar-refractivity contribution in [1.82, 2.24) is 10.6 Å². The second-order valence-electron chi connectivity index (χ2n) is 5.30. The predicted octanol–water partition coefficient (Wildman–Crippen LogP) is 2.27. The molecule has 0 aliphatic carbocycles.